The van der Waals surface area contributed by atoms with Gasteiger partial charge in [0, 0.05) is 19.0 Å². The Morgan fingerprint density at radius 2 is 1.95 bits per heavy atom. The molecule has 0 aliphatic heterocycles. The molecule has 20 heavy (non-hydrogen) atoms. The van der Waals surface area contributed by atoms with Gasteiger partial charge in [-0.2, -0.15) is 0 Å². The van der Waals surface area contributed by atoms with Crippen LogP contribution < -0.4 is 11.1 Å². The lowest BCUT2D eigenvalue weighted by molar-refractivity contribution is -0.121. The lowest BCUT2D eigenvalue weighted by atomic mass is 10.2. The quantitative estimate of drug-likeness (QED) is 0.703. The van der Waals surface area contributed by atoms with E-state index in [1.807, 2.05) is 6.92 Å². The van der Waals surface area contributed by atoms with Crippen LogP contribution in [0.2, 0.25) is 0 Å². The fourth-order valence-corrected chi connectivity index (χ4v) is 3.01. The van der Waals surface area contributed by atoms with Crippen LogP contribution in [0.25, 0.3) is 0 Å². The van der Waals surface area contributed by atoms with Crippen molar-refractivity contribution in [2.45, 2.75) is 37.1 Å². The summed E-state index contributed by atoms with van der Waals surface area (Å²) < 4.78 is 23.9. The van der Waals surface area contributed by atoms with Gasteiger partial charge in [0.05, 0.1) is 10.6 Å². The Morgan fingerprint density at radius 1 is 1.30 bits per heavy atom. The van der Waals surface area contributed by atoms with Crippen molar-refractivity contribution in [3.05, 3.63) is 30.3 Å². The lowest BCUT2D eigenvalue weighted by Gasteiger charge is -2.07. The van der Waals surface area contributed by atoms with Crippen LogP contribution in [0.3, 0.4) is 0 Å². The molecule has 5 nitrogen and oxygen atoms in total. The van der Waals surface area contributed by atoms with Crippen molar-refractivity contribution in [2.24, 2.45) is 5.73 Å². The van der Waals surface area contributed by atoms with E-state index in [1.165, 1.54) is 0 Å². The highest BCUT2D eigenvalue weighted by atomic mass is 32.2. The van der Waals surface area contributed by atoms with Crippen LogP contribution in [-0.4, -0.2) is 32.7 Å². The van der Waals surface area contributed by atoms with E-state index in [2.05, 4.69) is 5.32 Å². The number of hydrogen-bond acceptors (Lipinski definition) is 4. The number of hydrogen-bond donors (Lipinski definition) is 2. The number of sulfone groups is 1. The molecular formula is C14H22N2O3S. The summed E-state index contributed by atoms with van der Waals surface area (Å²) >= 11 is 0. The maximum absolute atomic E-state index is 12.0. The third kappa shape index (κ3) is 6.16. The smallest absolute Gasteiger partial charge is 0.220 e. The second-order valence-electron chi connectivity index (χ2n) is 4.85. The van der Waals surface area contributed by atoms with Gasteiger partial charge < -0.3 is 11.1 Å². The molecule has 0 fully saturated rings. The molecule has 0 saturated heterocycles. The summed E-state index contributed by atoms with van der Waals surface area (Å²) in [6, 6.07) is 8.33. The first-order valence-corrected chi connectivity index (χ1v) is 8.37. The van der Waals surface area contributed by atoms with Gasteiger partial charge >= 0.3 is 0 Å². The van der Waals surface area contributed by atoms with Gasteiger partial charge in [0.15, 0.2) is 9.84 Å². The standard InChI is InChI=1S/C14H22N2O3S/c1-12(15)8-9-14(17)16-10-5-11-20(18,19)13-6-3-2-4-7-13/h2-4,6-7,12H,5,8-11,15H2,1H3,(H,16,17). The van der Waals surface area contributed by atoms with Gasteiger partial charge in [0.2, 0.25) is 5.91 Å². The summed E-state index contributed by atoms with van der Waals surface area (Å²) in [6.07, 6.45) is 1.42. The Morgan fingerprint density at radius 3 is 2.55 bits per heavy atom. The summed E-state index contributed by atoms with van der Waals surface area (Å²) in [4.78, 5) is 11.7. The normalized spacial score (nSPS) is 12.9. The molecule has 0 radical (unpaired) electrons. The highest BCUT2D eigenvalue weighted by Crippen LogP contribution is 2.10. The van der Waals surface area contributed by atoms with Crippen LogP contribution in [-0.2, 0) is 14.6 Å². The fourth-order valence-electron chi connectivity index (χ4n) is 1.68. The van der Waals surface area contributed by atoms with Crippen molar-refractivity contribution < 1.29 is 13.2 Å². The number of rotatable bonds is 8. The fraction of sp³-hybridized carbons (Fsp3) is 0.500. The van der Waals surface area contributed by atoms with E-state index < -0.39 is 9.84 Å². The summed E-state index contributed by atoms with van der Waals surface area (Å²) in [5.74, 6) is -0.0516. The molecule has 0 spiro atoms. The minimum atomic E-state index is -3.26. The van der Waals surface area contributed by atoms with Gasteiger partial charge in [-0.15, -0.1) is 0 Å². The van der Waals surface area contributed by atoms with E-state index in [-0.39, 0.29) is 17.7 Å². The molecule has 112 valence electrons. The second kappa shape index (κ2) is 8.01. The molecule has 1 amide bonds. The largest absolute Gasteiger partial charge is 0.356 e. The molecule has 0 bridgehead atoms. The van der Waals surface area contributed by atoms with Crippen LogP contribution in [0, 0.1) is 0 Å². The highest BCUT2D eigenvalue weighted by molar-refractivity contribution is 7.91. The van der Waals surface area contributed by atoms with Gasteiger partial charge in [0.25, 0.3) is 0 Å². The molecule has 1 aromatic rings. The number of nitrogens with one attached hydrogen (secondary N) is 1. The first-order chi connectivity index (χ1) is 9.42. The zero-order valence-corrected chi connectivity index (χ0v) is 12.5. The van der Waals surface area contributed by atoms with Crippen molar-refractivity contribution in [3.8, 4) is 0 Å². The van der Waals surface area contributed by atoms with Crippen molar-refractivity contribution in [3.63, 3.8) is 0 Å². The van der Waals surface area contributed by atoms with Crippen LogP contribution in [0.15, 0.2) is 35.2 Å². The topological polar surface area (TPSA) is 89.3 Å². The van der Waals surface area contributed by atoms with Crippen LogP contribution in [0.4, 0.5) is 0 Å². The summed E-state index contributed by atoms with van der Waals surface area (Å²) in [7, 11) is -3.26. The molecule has 3 N–H and O–H groups in total. The Hall–Kier alpha value is -1.40. The summed E-state index contributed by atoms with van der Waals surface area (Å²) in [6.45, 7) is 2.21. The first kappa shape index (κ1) is 16.7. The average molecular weight is 298 g/mol. The third-order valence-electron chi connectivity index (χ3n) is 2.84. The third-order valence-corrected chi connectivity index (χ3v) is 4.66. The van der Waals surface area contributed by atoms with Gasteiger partial charge in [-0.05, 0) is 31.9 Å². The van der Waals surface area contributed by atoms with Crippen molar-refractivity contribution in [1.82, 2.24) is 5.32 Å². The number of carbonyl (C=O) groups excluding carboxylic acids is 1. The van der Waals surface area contributed by atoms with Gasteiger partial charge in [-0.1, -0.05) is 18.2 Å². The van der Waals surface area contributed by atoms with Gasteiger partial charge in [-0.25, -0.2) is 8.42 Å². The Labute approximate surface area is 120 Å². The van der Waals surface area contributed by atoms with Crippen LogP contribution in [0.5, 0.6) is 0 Å². The highest BCUT2D eigenvalue weighted by Gasteiger charge is 2.13. The summed E-state index contributed by atoms with van der Waals surface area (Å²) in [5.41, 5.74) is 5.56. The predicted octanol–water partition coefficient (Wildman–Crippen LogP) is 1.09. The summed E-state index contributed by atoms with van der Waals surface area (Å²) in [5, 5.41) is 2.70. The predicted molar refractivity (Wildman–Crippen MR) is 79.0 cm³/mol. The molecule has 1 unspecified atom stereocenters. The maximum atomic E-state index is 12.0. The molecule has 1 rings (SSSR count). The zero-order chi connectivity index (χ0) is 15.0. The molecule has 1 atom stereocenters. The molecule has 0 heterocycles. The van der Waals surface area contributed by atoms with Gasteiger partial charge in [-0.3, -0.25) is 4.79 Å². The van der Waals surface area contributed by atoms with Crippen molar-refractivity contribution >= 4 is 15.7 Å². The van der Waals surface area contributed by atoms with Crippen LogP contribution in [0.1, 0.15) is 26.2 Å². The molecule has 6 heteroatoms. The molecule has 0 aliphatic carbocycles. The maximum Gasteiger partial charge on any atom is 0.220 e. The Balaban J connectivity index is 2.29. The second-order valence-corrected chi connectivity index (χ2v) is 6.96. The van der Waals surface area contributed by atoms with E-state index in [9.17, 15) is 13.2 Å². The van der Waals surface area contributed by atoms with Crippen LogP contribution >= 0.6 is 0 Å². The number of benzene rings is 1. The number of carbonyl (C=O) groups is 1. The molecule has 0 aliphatic rings. The van der Waals surface area contributed by atoms with Gasteiger partial charge in [0.1, 0.15) is 0 Å². The Bertz CT molecular complexity index is 512. The SMILES string of the molecule is CC(N)CCC(=O)NCCCS(=O)(=O)c1ccccc1. The minimum absolute atomic E-state index is 0.000733. The lowest BCUT2D eigenvalue weighted by Crippen LogP contribution is -2.27. The van der Waals surface area contributed by atoms with E-state index in [0.29, 0.717) is 30.7 Å². The van der Waals surface area contributed by atoms with E-state index in [1.54, 1.807) is 30.3 Å². The monoisotopic (exact) mass is 298 g/mol. The van der Waals surface area contributed by atoms with E-state index in [0.717, 1.165) is 0 Å². The number of amides is 1. The Kier molecular flexibility index (Phi) is 6.67. The molecule has 1 aromatic carbocycles. The van der Waals surface area contributed by atoms with Crippen molar-refractivity contribution in [2.75, 3.05) is 12.3 Å². The molecule has 0 aromatic heterocycles. The van der Waals surface area contributed by atoms with E-state index >= 15 is 0 Å². The number of nitrogens with two attached hydrogens (primary N) is 1. The zero-order valence-electron chi connectivity index (χ0n) is 11.7. The average Bonchev–Trinajstić information content (AvgIpc) is 2.42. The molecule has 0 saturated carbocycles. The van der Waals surface area contributed by atoms with Crippen molar-refractivity contribution in [1.29, 1.82) is 0 Å². The van der Waals surface area contributed by atoms with E-state index in [4.69, 9.17) is 5.73 Å². The molecular weight excluding hydrogens is 276 g/mol. The first-order valence-electron chi connectivity index (χ1n) is 6.72. The minimum Gasteiger partial charge on any atom is -0.356 e.